The number of aryl methyl sites for hydroxylation is 1. The molecule has 2 aliphatic rings. The SMILES string of the molecule is CCCCCc1cc(F)c(C#C[C@H]2CC[C@H](CC[C@H]3CC[C@H](CC)CC3)CC2)c(F)c1. The average molecular weight is 429 g/mol. The first-order chi connectivity index (χ1) is 15.1. The van der Waals surface area contributed by atoms with Crippen molar-refractivity contribution in [3.8, 4) is 11.8 Å². The zero-order valence-electron chi connectivity index (χ0n) is 19.8. The fraction of sp³-hybridized carbons (Fsp3) is 0.724. The highest BCUT2D eigenvalue weighted by Gasteiger charge is 2.24. The lowest BCUT2D eigenvalue weighted by molar-refractivity contribution is 0.225. The monoisotopic (exact) mass is 428 g/mol. The molecule has 1 aromatic rings. The summed E-state index contributed by atoms with van der Waals surface area (Å²) in [5.74, 6) is 8.12. The van der Waals surface area contributed by atoms with Crippen LogP contribution in [0.1, 0.15) is 115 Å². The van der Waals surface area contributed by atoms with Crippen LogP contribution in [0.4, 0.5) is 8.78 Å². The van der Waals surface area contributed by atoms with Gasteiger partial charge in [0.2, 0.25) is 0 Å². The van der Waals surface area contributed by atoms with Gasteiger partial charge in [0.25, 0.3) is 0 Å². The van der Waals surface area contributed by atoms with E-state index in [2.05, 4.69) is 25.7 Å². The normalized spacial score (nSPS) is 26.3. The molecule has 31 heavy (non-hydrogen) atoms. The molecule has 1 aromatic carbocycles. The minimum Gasteiger partial charge on any atom is -0.206 e. The molecule has 0 radical (unpaired) electrons. The van der Waals surface area contributed by atoms with E-state index in [4.69, 9.17) is 0 Å². The summed E-state index contributed by atoms with van der Waals surface area (Å²) < 4.78 is 28.8. The van der Waals surface area contributed by atoms with Gasteiger partial charge in [0, 0.05) is 5.92 Å². The summed E-state index contributed by atoms with van der Waals surface area (Å²) in [6, 6.07) is 2.96. The number of benzene rings is 1. The van der Waals surface area contributed by atoms with E-state index in [0.717, 1.165) is 61.8 Å². The lowest BCUT2D eigenvalue weighted by atomic mass is 9.75. The first kappa shape index (κ1) is 24.3. The number of hydrogen-bond acceptors (Lipinski definition) is 0. The van der Waals surface area contributed by atoms with Crippen molar-refractivity contribution in [2.24, 2.45) is 23.7 Å². The topological polar surface area (TPSA) is 0 Å². The largest absolute Gasteiger partial charge is 0.206 e. The highest BCUT2D eigenvalue weighted by atomic mass is 19.1. The standard InChI is InChI=1S/C29H42F2/c1-3-5-6-7-26-20-28(30)27(29(31)21-26)19-18-25-16-14-24(15-17-25)13-12-23-10-8-22(4-2)9-11-23/h20-25H,3-17H2,1-2H3/t22-,23-,24-,25-. The van der Waals surface area contributed by atoms with Crippen LogP contribution in [0, 0.1) is 47.1 Å². The highest BCUT2D eigenvalue weighted by Crippen LogP contribution is 2.37. The van der Waals surface area contributed by atoms with Crippen molar-refractivity contribution >= 4 is 0 Å². The molecule has 3 rings (SSSR count). The van der Waals surface area contributed by atoms with Gasteiger partial charge in [-0.15, -0.1) is 0 Å². The van der Waals surface area contributed by atoms with Gasteiger partial charge in [-0.05, 0) is 74.0 Å². The Hall–Kier alpha value is -1.36. The molecule has 0 spiro atoms. The van der Waals surface area contributed by atoms with E-state index < -0.39 is 11.6 Å². The van der Waals surface area contributed by atoms with Gasteiger partial charge in [-0.3, -0.25) is 0 Å². The lowest BCUT2D eigenvalue weighted by Crippen LogP contribution is -2.17. The van der Waals surface area contributed by atoms with Crippen molar-refractivity contribution in [1.29, 1.82) is 0 Å². The maximum absolute atomic E-state index is 14.4. The number of halogens is 2. The Morgan fingerprint density at radius 2 is 1.32 bits per heavy atom. The summed E-state index contributed by atoms with van der Waals surface area (Å²) in [6.45, 7) is 4.46. The number of unbranched alkanes of at least 4 members (excludes halogenated alkanes) is 2. The van der Waals surface area contributed by atoms with Crippen LogP contribution >= 0.6 is 0 Å². The maximum Gasteiger partial charge on any atom is 0.142 e. The van der Waals surface area contributed by atoms with Crippen molar-refractivity contribution in [2.45, 2.75) is 110 Å². The minimum atomic E-state index is -0.495. The smallest absolute Gasteiger partial charge is 0.142 e. The second kappa shape index (κ2) is 12.6. The predicted octanol–water partition coefficient (Wildman–Crippen LogP) is 8.85. The first-order valence-corrected chi connectivity index (χ1v) is 13.1. The quantitative estimate of drug-likeness (QED) is 0.286. The molecule has 172 valence electrons. The van der Waals surface area contributed by atoms with Crippen LogP contribution in [0.5, 0.6) is 0 Å². The molecule has 2 fully saturated rings. The molecule has 0 nitrogen and oxygen atoms in total. The van der Waals surface area contributed by atoms with Gasteiger partial charge in [0.05, 0.1) is 5.56 Å². The second-order valence-electron chi connectivity index (χ2n) is 10.3. The third-order valence-electron chi connectivity index (χ3n) is 7.95. The molecule has 2 saturated carbocycles. The van der Waals surface area contributed by atoms with Gasteiger partial charge in [-0.1, -0.05) is 83.5 Å². The Bertz CT molecular complexity index is 702. The molecule has 0 N–H and O–H groups in total. The molecule has 2 aliphatic carbocycles. The molecule has 2 heteroatoms. The van der Waals surface area contributed by atoms with E-state index in [-0.39, 0.29) is 5.56 Å². The molecule has 0 saturated heterocycles. The van der Waals surface area contributed by atoms with Crippen molar-refractivity contribution in [3.05, 3.63) is 34.9 Å². The van der Waals surface area contributed by atoms with Crippen LogP contribution in [0.2, 0.25) is 0 Å². The highest BCUT2D eigenvalue weighted by molar-refractivity contribution is 5.39. The van der Waals surface area contributed by atoms with E-state index in [9.17, 15) is 8.78 Å². The second-order valence-corrected chi connectivity index (χ2v) is 10.3. The molecule has 0 heterocycles. The fourth-order valence-electron chi connectivity index (χ4n) is 5.64. The summed E-state index contributed by atoms with van der Waals surface area (Å²) in [7, 11) is 0. The van der Waals surface area contributed by atoms with Gasteiger partial charge in [-0.25, -0.2) is 8.78 Å². The van der Waals surface area contributed by atoms with E-state index >= 15 is 0 Å². The summed E-state index contributed by atoms with van der Waals surface area (Å²) in [4.78, 5) is 0. The molecule has 0 aliphatic heterocycles. The summed E-state index contributed by atoms with van der Waals surface area (Å²) >= 11 is 0. The Balaban J connectivity index is 1.43. The Morgan fingerprint density at radius 3 is 1.87 bits per heavy atom. The maximum atomic E-state index is 14.4. The van der Waals surface area contributed by atoms with E-state index in [0.29, 0.717) is 5.92 Å². The molecule has 0 bridgehead atoms. The average Bonchev–Trinajstić information content (AvgIpc) is 2.78. The van der Waals surface area contributed by atoms with Crippen molar-refractivity contribution < 1.29 is 8.78 Å². The van der Waals surface area contributed by atoms with Crippen molar-refractivity contribution in [1.82, 2.24) is 0 Å². The third-order valence-corrected chi connectivity index (χ3v) is 7.95. The van der Waals surface area contributed by atoms with Crippen LogP contribution < -0.4 is 0 Å². The molecule has 0 unspecified atom stereocenters. The van der Waals surface area contributed by atoms with Crippen LogP contribution in [0.3, 0.4) is 0 Å². The van der Waals surface area contributed by atoms with Gasteiger partial charge >= 0.3 is 0 Å². The molecule has 0 atom stereocenters. The zero-order valence-corrected chi connectivity index (χ0v) is 19.8. The summed E-state index contributed by atoms with van der Waals surface area (Å²) in [5.41, 5.74) is 0.710. The van der Waals surface area contributed by atoms with Crippen LogP contribution in [-0.4, -0.2) is 0 Å². The Labute approximate surface area is 189 Å². The first-order valence-electron chi connectivity index (χ1n) is 13.1. The van der Waals surface area contributed by atoms with E-state index in [1.807, 2.05) is 0 Å². The summed E-state index contributed by atoms with van der Waals surface area (Å²) in [5, 5.41) is 0. The fourth-order valence-corrected chi connectivity index (χ4v) is 5.64. The van der Waals surface area contributed by atoms with E-state index in [1.165, 1.54) is 69.9 Å². The van der Waals surface area contributed by atoms with Gasteiger partial charge < -0.3 is 0 Å². The molecular formula is C29H42F2. The predicted molar refractivity (Wildman–Crippen MR) is 127 cm³/mol. The van der Waals surface area contributed by atoms with Crippen molar-refractivity contribution in [2.75, 3.05) is 0 Å². The lowest BCUT2D eigenvalue weighted by Gasteiger charge is -2.30. The van der Waals surface area contributed by atoms with Crippen LogP contribution in [0.15, 0.2) is 12.1 Å². The Morgan fingerprint density at radius 1 is 0.774 bits per heavy atom. The number of hydrogen-bond donors (Lipinski definition) is 0. The molecular weight excluding hydrogens is 386 g/mol. The zero-order chi connectivity index (χ0) is 22.1. The third kappa shape index (κ3) is 7.62. The molecule has 0 amide bonds. The van der Waals surface area contributed by atoms with Gasteiger partial charge in [0.15, 0.2) is 0 Å². The van der Waals surface area contributed by atoms with Crippen LogP contribution in [-0.2, 0) is 6.42 Å². The summed E-state index contributed by atoms with van der Waals surface area (Å²) in [6.07, 6.45) is 18.4. The minimum absolute atomic E-state index is 0.0379. The van der Waals surface area contributed by atoms with Gasteiger partial charge in [-0.2, -0.15) is 0 Å². The molecule has 0 aromatic heterocycles. The van der Waals surface area contributed by atoms with Crippen molar-refractivity contribution in [3.63, 3.8) is 0 Å². The van der Waals surface area contributed by atoms with Crippen LogP contribution in [0.25, 0.3) is 0 Å². The van der Waals surface area contributed by atoms with E-state index in [1.54, 1.807) is 0 Å². The number of rotatable bonds is 8. The Kier molecular flexibility index (Phi) is 9.89. The van der Waals surface area contributed by atoms with Gasteiger partial charge in [0.1, 0.15) is 11.6 Å².